The summed E-state index contributed by atoms with van der Waals surface area (Å²) in [7, 11) is 0. The summed E-state index contributed by atoms with van der Waals surface area (Å²) in [5.74, 6) is 1.75. The zero-order valence-corrected chi connectivity index (χ0v) is 13.5. The minimum atomic E-state index is -0.0561. The molecular formula is C19H21N3O2. The fraction of sp³-hybridized carbons (Fsp3) is 0.368. The van der Waals surface area contributed by atoms with E-state index in [1.165, 1.54) is 12.8 Å². The largest absolute Gasteiger partial charge is 0.490 e. The van der Waals surface area contributed by atoms with Crippen LogP contribution in [0.25, 0.3) is 0 Å². The molecule has 0 bridgehead atoms. The van der Waals surface area contributed by atoms with Gasteiger partial charge in [0.05, 0.1) is 6.10 Å². The summed E-state index contributed by atoms with van der Waals surface area (Å²) in [6.07, 6.45) is 5.34. The van der Waals surface area contributed by atoms with Crippen LogP contribution in [-0.2, 0) is 4.79 Å². The van der Waals surface area contributed by atoms with Gasteiger partial charge in [0.2, 0.25) is 5.91 Å². The third-order valence-corrected chi connectivity index (χ3v) is 4.86. The van der Waals surface area contributed by atoms with E-state index in [4.69, 9.17) is 10.5 Å². The number of nitrogen functional groups attached to an aromatic ring is 1. The van der Waals surface area contributed by atoms with E-state index in [2.05, 4.69) is 10.3 Å². The molecule has 5 nitrogen and oxygen atoms in total. The van der Waals surface area contributed by atoms with Crippen molar-refractivity contribution in [3.63, 3.8) is 0 Å². The second kappa shape index (κ2) is 6.15. The zero-order valence-electron chi connectivity index (χ0n) is 13.5. The maximum absolute atomic E-state index is 12.1. The normalized spacial score (nSPS) is 20.5. The van der Waals surface area contributed by atoms with Gasteiger partial charge in [-0.3, -0.25) is 4.79 Å². The Labute approximate surface area is 141 Å². The number of fused-ring (bicyclic) bond motifs is 1. The molecule has 1 fully saturated rings. The number of benzene rings is 1. The quantitative estimate of drug-likeness (QED) is 0.907. The second-order valence-corrected chi connectivity index (χ2v) is 6.54. The SMILES string of the molecule is Nc1ccc2c(n1)NC(=O)CC2c1ccccc1OC1CCCC1. The van der Waals surface area contributed by atoms with Crippen LogP contribution < -0.4 is 15.8 Å². The molecule has 24 heavy (non-hydrogen) atoms. The molecule has 1 aromatic carbocycles. The molecule has 1 saturated carbocycles. The lowest BCUT2D eigenvalue weighted by Crippen LogP contribution is -2.25. The molecule has 2 aliphatic rings. The fourth-order valence-corrected chi connectivity index (χ4v) is 3.68. The Morgan fingerprint density at radius 1 is 1.08 bits per heavy atom. The van der Waals surface area contributed by atoms with Crippen molar-refractivity contribution >= 4 is 17.5 Å². The predicted molar refractivity (Wildman–Crippen MR) is 93.1 cm³/mol. The monoisotopic (exact) mass is 323 g/mol. The Kier molecular flexibility index (Phi) is 3.84. The van der Waals surface area contributed by atoms with E-state index in [0.29, 0.717) is 18.1 Å². The first-order valence-electron chi connectivity index (χ1n) is 8.52. The van der Waals surface area contributed by atoms with Gasteiger partial charge in [-0.1, -0.05) is 24.3 Å². The summed E-state index contributed by atoms with van der Waals surface area (Å²) < 4.78 is 6.26. The molecule has 4 rings (SSSR count). The van der Waals surface area contributed by atoms with Crippen molar-refractivity contribution < 1.29 is 9.53 Å². The summed E-state index contributed by atoms with van der Waals surface area (Å²) in [4.78, 5) is 16.4. The number of rotatable bonds is 3. The first kappa shape index (κ1) is 15.0. The van der Waals surface area contributed by atoms with Crippen molar-refractivity contribution in [1.82, 2.24) is 4.98 Å². The fourth-order valence-electron chi connectivity index (χ4n) is 3.68. The van der Waals surface area contributed by atoms with Gasteiger partial charge in [-0.2, -0.15) is 0 Å². The predicted octanol–water partition coefficient (Wildman–Crippen LogP) is 3.46. The Balaban J connectivity index is 1.72. The van der Waals surface area contributed by atoms with Crippen molar-refractivity contribution in [2.75, 3.05) is 11.1 Å². The van der Waals surface area contributed by atoms with Gasteiger partial charge in [0.1, 0.15) is 17.4 Å². The molecule has 1 aliphatic carbocycles. The third-order valence-electron chi connectivity index (χ3n) is 4.86. The van der Waals surface area contributed by atoms with Gasteiger partial charge in [0, 0.05) is 23.5 Å². The molecule has 1 aliphatic heterocycles. The van der Waals surface area contributed by atoms with Gasteiger partial charge in [0.25, 0.3) is 0 Å². The van der Waals surface area contributed by atoms with Crippen LogP contribution in [0.3, 0.4) is 0 Å². The van der Waals surface area contributed by atoms with E-state index in [-0.39, 0.29) is 17.9 Å². The number of ether oxygens (including phenoxy) is 1. The highest BCUT2D eigenvalue weighted by Gasteiger charge is 2.30. The second-order valence-electron chi connectivity index (χ2n) is 6.54. The minimum Gasteiger partial charge on any atom is -0.490 e. The van der Waals surface area contributed by atoms with Crippen molar-refractivity contribution in [3.05, 3.63) is 47.5 Å². The van der Waals surface area contributed by atoms with Crippen molar-refractivity contribution in [2.45, 2.75) is 44.1 Å². The average Bonchev–Trinajstić information content (AvgIpc) is 3.07. The first-order valence-corrected chi connectivity index (χ1v) is 8.52. The Bertz CT molecular complexity index is 769. The van der Waals surface area contributed by atoms with Crippen LogP contribution in [-0.4, -0.2) is 17.0 Å². The molecule has 5 heteroatoms. The van der Waals surface area contributed by atoms with Gasteiger partial charge in [-0.15, -0.1) is 0 Å². The van der Waals surface area contributed by atoms with Gasteiger partial charge in [-0.25, -0.2) is 4.98 Å². The number of pyridine rings is 1. The van der Waals surface area contributed by atoms with E-state index >= 15 is 0 Å². The molecule has 2 aromatic rings. The van der Waals surface area contributed by atoms with Gasteiger partial charge in [-0.05, 0) is 37.8 Å². The smallest absolute Gasteiger partial charge is 0.226 e. The van der Waals surface area contributed by atoms with Crippen LogP contribution in [0.2, 0.25) is 0 Å². The number of nitrogens with one attached hydrogen (secondary N) is 1. The highest BCUT2D eigenvalue weighted by atomic mass is 16.5. The van der Waals surface area contributed by atoms with Crippen molar-refractivity contribution in [1.29, 1.82) is 0 Å². The van der Waals surface area contributed by atoms with E-state index in [0.717, 1.165) is 29.7 Å². The number of amides is 1. The molecule has 3 N–H and O–H groups in total. The highest BCUT2D eigenvalue weighted by Crippen LogP contribution is 2.41. The summed E-state index contributed by atoms with van der Waals surface area (Å²) in [6, 6.07) is 11.8. The van der Waals surface area contributed by atoms with E-state index in [9.17, 15) is 4.79 Å². The zero-order chi connectivity index (χ0) is 16.5. The van der Waals surface area contributed by atoms with E-state index in [1.807, 2.05) is 30.3 Å². The number of hydrogen-bond acceptors (Lipinski definition) is 4. The minimum absolute atomic E-state index is 0.0405. The molecule has 124 valence electrons. The van der Waals surface area contributed by atoms with Gasteiger partial charge >= 0.3 is 0 Å². The number of hydrogen-bond donors (Lipinski definition) is 2. The number of carbonyl (C=O) groups is 1. The van der Waals surface area contributed by atoms with Crippen LogP contribution in [0, 0.1) is 0 Å². The van der Waals surface area contributed by atoms with Crippen LogP contribution in [0.15, 0.2) is 36.4 Å². The molecular weight excluding hydrogens is 302 g/mol. The number of aromatic nitrogens is 1. The average molecular weight is 323 g/mol. The highest BCUT2D eigenvalue weighted by molar-refractivity contribution is 5.94. The molecule has 2 heterocycles. The summed E-state index contributed by atoms with van der Waals surface area (Å²) in [6.45, 7) is 0. The number of nitrogens with two attached hydrogens (primary N) is 1. The summed E-state index contributed by atoms with van der Waals surface area (Å²) >= 11 is 0. The lowest BCUT2D eigenvalue weighted by atomic mass is 9.85. The standard InChI is InChI=1S/C19H21N3O2/c20-17-10-9-14-15(11-18(23)22-19(14)21-17)13-7-3-4-8-16(13)24-12-5-1-2-6-12/h3-4,7-10,12,15H,1-2,5-6,11H2,(H3,20,21,22,23). The number of anilines is 2. The molecule has 1 unspecified atom stereocenters. The Hall–Kier alpha value is -2.56. The van der Waals surface area contributed by atoms with Gasteiger partial charge in [0.15, 0.2) is 0 Å². The lowest BCUT2D eigenvalue weighted by Gasteiger charge is -2.27. The molecule has 0 radical (unpaired) electrons. The number of carbonyl (C=O) groups excluding carboxylic acids is 1. The van der Waals surface area contributed by atoms with Crippen LogP contribution in [0.1, 0.15) is 49.1 Å². The molecule has 0 spiro atoms. The Morgan fingerprint density at radius 3 is 2.71 bits per heavy atom. The Morgan fingerprint density at radius 2 is 1.88 bits per heavy atom. The van der Waals surface area contributed by atoms with Crippen LogP contribution in [0.5, 0.6) is 5.75 Å². The van der Waals surface area contributed by atoms with Crippen molar-refractivity contribution in [2.24, 2.45) is 0 Å². The van der Waals surface area contributed by atoms with Crippen LogP contribution >= 0.6 is 0 Å². The van der Waals surface area contributed by atoms with Gasteiger partial charge < -0.3 is 15.8 Å². The molecule has 1 atom stereocenters. The lowest BCUT2D eigenvalue weighted by molar-refractivity contribution is -0.116. The van der Waals surface area contributed by atoms with E-state index < -0.39 is 0 Å². The molecule has 0 saturated heterocycles. The molecule has 1 aromatic heterocycles. The summed E-state index contributed by atoms with van der Waals surface area (Å²) in [5, 5.41) is 2.82. The maximum atomic E-state index is 12.1. The van der Waals surface area contributed by atoms with Crippen molar-refractivity contribution in [3.8, 4) is 5.75 Å². The first-order chi connectivity index (χ1) is 11.7. The number of nitrogens with zero attached hydrogens (tertiary/aromatic N) is 1. The summed E-state index contributed by atoms with van der Waals surface area (Å²) in [5.41, 5.74) is 7.80. The molecule has 1 amide bonds. The maximum Gasteiger partial charge on any atom is 0.226 e. The number of para-hydroxylation sites is 1. The third kappa shape index (κ3) is 2.82. The van der Waals surface area contributed by atoms with Crippen LogP contribution in [0.4, 0.5) is 11.6 Å². The topological polar surface area (TPSA) is 77.2 Å². The van der Waals surface area contributed by atoms with E-state index in [1.54, 1.807) is 6.07 Å².